The van der Waals surface area contributed by atoms with Gasteiger partial charge in [-0.1, -0.05) is 6.07 Å². The molecular formula is C26H27F5N4O5. The number of ether oxygens (including phenoxy) is 2. The van der Waals surface area contributed by atoms with E-state index in [-0.39, 0.29) is 46.7 Å². The molecule has 14 heteroatoms. The molecular weight excluding hydrogens is 543 g/mol. The minimum Gasteiger partial charge on any atom is -0.473 e. The number of pyridine rings is 2. The first-order chi connectivity index (χ1) is 18.5. The smallest absolute Gasteiger partial charge is 0.433 e. The quantitative estimate of drug-likeness (QED) is 0.404. The van der Waals surface area contributed by atoms with Crippen LogP contribution >= 0.6 is 0 Å². The van der Waals surface area contributed by atoms with Crippen molar-refractivity contribution in [2.24, 2.45) is 0 Å². The fraction of sp³-hybridized carbons (Fsp3) is 0.462. The largest absolute Gasteiger partial charge is 0.473 e. The number of fused-ring (bicyclic) bond motifs is 1. The number of carbonyl (C=O) groups excluding carboxylic acids is 2. The summed E-state index contributed by atoms with van der Waals surface area (Å²) in [6.07, 6.45) is -3.55. The zero-order valence-electron chi connectivity index (χ0n) is 22.1. The van der Waals surface area contributed by atoms with Crippen LogP contribution in [0, 0.1) is 6.92 Å². The summed E-state index contributed by atoms with van der Waals surface area (Å²) in [5, 5.41) is 2.51. The molecule has 4 heterocycles. The summed E-state index contributed by atoms with van der Waals surface area (Å²) in [6, 6.07) is 2.25. The van der Waals surface area contributed by atoms with Gasteiger partial charge in [0.1, 0.15) is 18.0 Å². The average Bonchev–Trinajstić information content (AvgIpc) is 3.17. The highest BCUT2D eigenvalue weighted by Crippen LogP contribution is 2.33. The number of amides is 2. The van der Waals surface area contributed by atoms with Crippen LogP contribution in [0.3, 0.4) is 0 Å². The maximum atomic E-state index is 15.0. The highest BCUT2D eigenvalue weighted by molar-refractivity contribution is 6.07. The monoisotopic (exact) mass is 570 g/mol. The summed E-state index contributed by atoms with van der Waals surface area (Å²) < 4.78 is 85.8. The molecule has 0 aromatic carbocycles. The predicted molar refractivity (Wildman–Crippen MR) is 131 cm³/mol. The van der Waals surface area contributed by atoms with Crippen LogP contribution in [0.5, 0.6) is 5.88 Å². The number of alkyl halides is 5. The van der Waals surface area contributed by atoms with E-state index in [0.717, 1.165) is 11.1 Å². The molecule has 0 bridgehead atoms. The summed E-state index contributed by atoms with van der Waals surface area (Å²) in [4.78, 5) is 33.6. The van der Waals surface area contributed by atoms with E-state index >= 15 is 0 Å². The Morgan fingerprint density at radius 2 is 1.95 bits per heavy atom. The van der Waals surface area contributed by atoms with Crippen molar-refractivity contribution in [2.45, 2.75) is 64.5 Å². The van der Waals surface area contributed by atoms with Gasteiger partial charge in [0.15, 0.2) is 11.3 Å². The van der Waals surface area contributed by atoms with Gasteiger partial charge in [0.05, 0.1) is 24.3 Å². The van der Waals surface area contributed by atoms with Crippen LogP contribution in [0.15, 0.2) is 35.0 Å². The highest BCUT2D eigenvalue weighted by atomic mass is 19.4. The Bertz CT molecular complexity index is 1420. The van der Waals surface area contributed by atoms with Gasteiger partial charge in [-0.05, 0) is 40.2 Å². The second-order valence-corrected chi connectivity index (χ2v) is 10.3. The molecule has 40 heavy (non-hydrogen) atoms. The average molecular weight is 571 g/mol. The predicted octanol–water partition coefficient (Wildman–Crippen LogP) is 5.50. The zero-order chi connectivity index (χ0) is 29.5. The molecule has 1 aliphatic rings. The highest BCUT2D eigenvalue weighted by Gasteiger charge is 2.47. The van der Waals surface area contributed by atoms with Crippen molar-refractivity contribution in [1.29, 1.82) is 0 Å². The molecule has 216 valence electrons. The molecule has 0 saturated carbocycles. The van der Waals surface area contributed by atoms with Crippen molar-refractivity contribution in [1.82, 2.24) is 20.2 Å². The van der Waals surface area contributed by atoms with E-state index in [1.807, 2.05) is 0 Å². The van der Waals surface area contributed by atoms with Crippen molar-refractivity contribution in [3.63, 3.8) is 0 Å². The standard InChI is InChI=1S/C26H27F5N4O5/c1-14-20(22(36)34-18-7-9-35(13-25(18,27)28)23(37)40-24(2,3)4)16-10-19(33-11-17(16)39-14)38-12-15-6-5-8-32-21(15)26(29,30)31/h5-6,8,10-11,18H,7,9,12-13H2,1-4H3,(H,34,36)/t18-/m1/s1. The number of hydrogen-bond acceptors (Lipinski definition) is 7. The lowest BCUT2D eigenvalue weighted by Crippen LogP contribution is -2.59. The number of halogens is 5. The van der Waals surface area contributed by atoms with E-state index in [1.54, 1.807) is 20.8 Å². The Labute approximate surface area is 225 Å². The number of furan rings is 1. The van der Waals surface area contributed by atoms with Crippen molar-refractivity contribution < 1.29 is 45.4 Å². The van der Waals surface area contributed by atoms with Gasteiger partial charge in [-0.2, -0.15) is 13.2 Å². The van der Waals surface area contributed by atoms with Gasteiger partial charge in [-0.25, -0.2) is 18.6 Å². The number of nitrogens with one attached hydrogen (secondary N) is 1. The normalized spacial score (nSPS) is 17.5. The number of piperidine rings is 1. The summed E-state index contributed by atoms with van der Waals surface area (Å²) in [7, 11) is 0. The molecule has 2 amide bonds. The number of aromatic nitrogens is 2. The Morgan fingerprint density at radius 3 is 2.60 bits per heavy atom. The summed E-state index contributed by atoms with van der Waals surface area (Å²) in [5.74, 6) is -4.30. The van der Waals surface area contributed by atoms with E-state index in [1.165, 1.54) is 31.3 Å². The SMILES string of the molecule is Cc1oc2cnc(OCc3cccnc3C(F)(F)F)cc2c1C(=O)N[C@@H]1CCN(C(=O)OC(C)(C)C)CC1(F)F. The third-order valence-electron chi connectivity index (χ3n) is 6.05. The number of hydrogen-bond donors (Lipinski definition) is 1. The molecule has 0 radical (unpaired) electrons. The van der Waals surface area contributed by atoms with E-state index in [0.29, 0.717) is 0 Å². The summed E-state index contributed by atoms with van der Waals surface area (Å²) >= 11 is 0. The van der Waals surface area contributed by atoms with Gasteiger partial charge < -0.3 is 24.1 Å². The first kappa shape index (κ1) is 29.0. The molecule has 0 aliphatic carbocycles. The van der Waals surface area contributed by atoms with E-state index in [2.05, 4.69) is 15.3 Å². The number of aryl methyl sites for hydroxylation is 1. The van der Waals surface area contributed by atoms with Crippen LogP contribution < -0.4 is 10.1 Å². The van der Waals surface area contributed by atoms with Crippen molar-refractivity contribution in [2.75, 3.05) is 13.1 Å². The van der Waals surface area contributed by atoms with Gasteiger partial charge in [0.2, 0.25) is 5.88 Å². The summed E-state index contributed by atoms with van der Waals surface area (Å²) in [6.45, 7) is 4.82. The Morgan fingerprint density at radius 1 is 1.23 bits per heavy atom. The van der Waals surface area contributed by atoms with Gasteiger partial charge in [0, 0.05) is 29.8 Å². The molecule has 9 nitrogen and oxygen atoms in total. The minimum atomic E-state index is -4.69. The number of carbonyl (C=O) groups is 2. The topological polar surface area (TPSA) is 107 Å². The molecule has 0 unspecified atom stereocenters. The Hall–Kier alpha value is -3.97. The zero-order valence-corrected chi connectivity index (χ0v) is 22.1. The lowest BCUT2D eigenvalue weighted by atomic mass is 10.00. The van der Waals surface area contributed by atoms with Gasteiger partial charge in [-0.3, -0.25) is 9.78 Å². The van der Waals surface area contributed by atoms with Crippen molar-refractivity contribution >= 4 is 23.0 Å². The molecule has 4 rings (SSSR count). The van der Waals surface area contributed by atoms with Crippen LogP contribution in [0.2, 0.25) is 0 Å². The van der Waals surface area contributed by atoms with Crippen molar-refractivity contribution in [3.8, 4) is 5.88 Å². The van der Waals surface area contributed by atoms with Crippen LogP contribution in [-0.2, 0) is 17.5 Å². The molecule has 0 spiro atoms. The maximum absolute atomic E-state index is 15.0. The van der Waals surface area contributed by atoms with Crippen LogP contribution in [0.4, 0.5) is 26.7 Å². The Kier molecular flexibility index (Phi) is 7.65. The lowest BCUT2D eigenvalue weighted by Gasteiger charge is -2.38. The third kappa shape index (κ3) is 6.42. The van der Waals surface area contributed by atoms with Gasteiger partial charge >= 0.3 is 12.3 Å². The first-order valence-electron chi connectivity index (χ1n) is 12.2. The van der Waals surface area contributed by atoms with Crippen LogP contribution in [-0.4, -0.2) is 57.5 Å². The first-order valence-corrected chi connectivity index (χ1v) is 12.2. The maximum Gasteiger partial charge on any atom is 0.433 e. The van der Waals surface area contributed by atoms with E-state index < -0.39 is 54.6 Å². The number of rotatable bonds is 5. The second kappa shape index (κ2) is 10.5. The molecule has 1 fully saturated rings. The van der Waals surface area contributed by atoms with Crippen LogP contribution in [0.1, 0.15) is 54.6 Å². The van der Waals surface area contributed by atoms with Crippen molar-refractivity contribution in [3.05, 3.63) is 53.2 Å². The number of likely N-dealkylation sites (tertiary alicyclic amines) is 1. The van der Waals surface area contributed by atoms with E-state index in [4.69, 9.17) is 13.9 Å². The molecule has 1 aliphatic heterocycles. The Balaban J connectivity index is 1.49. The molecule has 1 atom stereocenters. The lowest BCUT2D eigenvalue weighted by molar-refractivity contribution is -0.142. The molecule has 1 saturated heterocycles. The number of nitrogens with zero attached hydrogens (tertiary/aromatic N) is 3. The van der Waals surface area contributed by atoms with Gasteiger partial charge in [-0.15, -0.1) is 0 Å². The fourth-order valence-electron chi connectivity index (χ4n) is 4.26. The molecule has 3 aromatic heterocycles. The molecule has 1 N–H and O–H groups in total. The third-order valence-corrected chi connectivity index (χ3v) is 6.05. The molecule has 3 aromatic rings. The van der Waals surface area contributed by atoms with Crippen LogP contribution in [0.25, 0.3) is 11.0 Å². The minimum absolute atomic E-state index is 0.0509. The fourth-order valence-corrected chi connectivity index (χ4v) is 4.26. The summed E-state index contributed by atoms with van der Waals surface area (Å²) in [5.41, 5.74) is -2.08. The van der Waals surface area contributed by atoms with Gasteiger partial charge in [0.25, 0.3) is 11.8 Å². The second-order valence-electron chi connectivity index (χ2n) is 10.3. The van der Waals surface area contributed by atoms with E-state index in [9.17, 15) is 31.5 Å².